The number of amides is 1. The number of halogens is 1. The molecule has 0 fully saturated rings. The standard InChI is InChI=1S/C18H17ClN4O2S/c1-2-9-23-17(25)13-5-3-4-6-14(13)21-18(23)26-11-16(24)22-15-8-7-12(19)10-20-15/h3-8,10H,2,9,11H2,1H3,(H,20,22,24). The van der Waals surface area contributed by atoms with E-state index < -0.39 is 0 Å². The van der Waals surface area contributed by atoms with Gasteiger partial charge in [-0.2, -0.15) is 0 Å². The molecule has 0 bridgehead atoms. The van der Waals surface area contributed by atoms with Crippen molar-refractivity contribution in [2.24, 2.45) is 0 Å². The van der Waals surface area contributed by atoms with E-state index in [0.29, 0.717) is 33.4 Å². The molecular weight excluding hydrogens is 372 g/mol. The summed E-state index contributed by atoms with van der Waals surface area (Å²) in [5, 5.41) is 4.32. The summed E-state index contributed by atoms with van der Waals surface area (Å²) in [5.74, 6) is 0.325. The molecule has 2 heterocycles. The van der Waals surface area contributed by atoms with Gasteiger partial charge in [0.05, 0.1) is 21.7 Å². The lowest BCUT2D eigenvalue weighted by Gasteiger charge is -2.12. The van der Waals surface area contributed by atoms with Crippen molar-refractivity contribution in [1.29, 1.82) is 0 Å². The van der Waals surface area contributed by atoms with Gasteiger partial charge in [0.25, 0.3) is 5.56 Å². The van der Waals surface area contributed by atoms with Crippen molar-refractivity contribution in [3.8, 4) is 0 Å². The van der Waals surface area contributed by atoms with Crippen molar-refractivity contribution in [3.05, 3.63) is 58.0 Å². The number of carbonyl (C=O) groups excluding carboxylic acids is 1. The third kappa shape index (κ3) is 4.23. The number of hydrogen-bond acceptors (Lipinski definition) is 5. The van der Waals surface area contributed by atoms with Crippen LogP contribution in [0.1, 0.15) is 13.3 Å². The molecule has 0 aliphatic heterocycles. The van der Waals surface area contributed by atoms with Gasteiger partial charge in [-0.1, -0.05) is 42.4 Å². The number of thioether (sulfide) groups is 1. The van der Waals surface area contributed by atoms with Crippen LogP contribution in [0.2, 0.25) is 5.02 Å². The number of hydrogen-bond donors (Lipinski definition) is 1. The predicted molar refractivity (Wildman–Crippen MR) is 105 cm³/mol. The van der Waals surface area contributed by atoms with Gasteiger partial charge in [0.1, 0.15) is 5.82 Å². The maximum Gasteiger partial charge on any atom is 0.262 e. The SMILES string of the molecule is CCCn1c(SCC(=O)Nc2ccc(Cl)cn2)nc2ccccc2c1=O. The van der Waals surface area contributed by atoms with E-state index >= 15 is 0 Å². The van der Waals surface area contributed by atoms with Crippen LogP contribution in [0.15, 0.2) is 52.5 Å². The number of carbonyl (C=O) groups is 1. The highest BCUT2D eigenvalue weighted by Crippen LogP contribution is 2.18. The third-order valence-corrected chi connectivity index (χ3v) is 4.80. The van der Waals surface area contributed by atoms with Crippen LogP contribution in [0.4, 0.5) is 5.82 Å². The topological polar surface area (TPSA) is 76.9 Å². The Labute approximate surface area is 159 Å². The molecule has 0 radical (unpaired) electrons. The first kappa shape index (κ1) is 18.4. The summed E-state index contributed by atoms with van der Waals surface area (Å²) < 4.78 is 1.63. The van der Waals surface area contributed by atoms with E-state index in [9.17, 15) is 9.59 Å². The van der Waals surface area contributed by atoms with Gasteiger partial charge in [0, 0.05) is 12.7 Å². The molecule has 6 nitrogen and oxygen atoms in total. The van der Waals surface area contributed by atoms with E-state index in [1.807, 2.05) is 19.1 Å². The van der Waals surface area contributed by atoms with Crippen LogP contribution in [-0.2, 0) is 11.3 Å². The summed E-state index contributed by atoms with van der Waals surface area (Å²) in [6, 6.07) is 10.5. The molecule has 134 valence electrons. The molecule has 0 aliphatic rings. The number of anilines is 1. The predicted octanol–water partition coefficient (Wildman–Crippen LogP) is 3.59. The van der Waals surface area contributed by atoms with E-state index in [4.69, 9.17) is 11.6 Å². The monoisotopic (exact) mass is 388 g/mol. The average molecular weight is 389 g/mol. The van der Waals surface area contributed by atoms with Crippen LogP contribution in [-0.4, -0.2) is 26.2 Å². The fourth-order valence-corrected chi connectivity index (χ4v) is 3.37. The molecule has 1 aromatic carbocycles. The van der Waals surface area contributed by atoms with E-state index in [0.717, 1.165) is 6.42 Å². The Hall–Kier alpha value is -2.38. The Morgan fingerprint density at radius 3 is 2.81 bits per heavy atom. The summed E-state index contributed by atoms with van der Waals surface area (Å²) in [6.45, 7) is 2.55. The number of benzene rings is 1. The quantitative estimate of drug-likeness (QED) is 0.515. The molecular formula is C18H17ClN4O2S. The highest BCUT2D eigenvalue weighted by Gasteiger charge is 2.13. The number of nitrogens with zero attached hydrogens (tertiary/aromatic N) is 3. The number of aromatic nitrogens is 3. The zero-order valence-corrected chi connectivity index (χ0v) is 15.7. The number of rotatable bonds is 6. The molecule has 0 spiro atoms. The minimum Gasteiger partial charge on any atom is -0.310 e. The van der Waals surface area contributed by atoms with Gasteiger partial charge >= 0.3 is 0 Å². The van der Waals surface area contributed by atoms with Crippen LogP contribution in [0.3, 0.4) is 0 Å². The molecule has 8 heteroatoms. The summed E-state index contributed by atoms with van der Waals surface area (Å²) in [4.78, 5) is 33.5. The van der Waals surface area contributed by atoms with Crippen LogP contribution < -0.4 is 10.9 Å². The molecule has 0 saturated carbocycles. The molecule has 0 atom stereocenters. The van der Waals surface area contributed by atoms with Crippen molar-refractivity contribution in [2.45, 2.75) is 25.0 Å². The summed E-state index contributed by atoms with van der Waals surface area (Å²) in [7, 11) is 0. The second-order valence-corrected chi connectivity index (χ2v) is 6.95. The Balaban J connectivity index is 1.79. The van der Waals surface area contributed by atoms with Crippen LogP contribution in [0.25, 0.3) is 10.9 Å². The molecule has 1 amide bonds. The zero-order valence-electron chi connectivity index (χ0n) is 14.1. The van der Waals surface area contributed by atoms with E-state index in [1.165, 1.54) is 18.0 Å². The minimum absolute atomic E-state index is 0.0836. The number of nitrogens with one attached hydrogen (secondary N) is 1. The lowest BCUT2D eigenvalue weighted by Crippen LogP contribution is -2.24. The Morgan fingerprint density at radius 1 is 1.27 bits per heavy atom. The zero-order chi connectivity index (χ0) is 18.5. The maximum absolute atomic E-state index is 12.7. The first-order valence-electron chi connectivity index (χ1n) is 8.12. The van der Waals surface area contributed by atoms with Gasteiger partial charge in [-0.3, -0.25) is 14.2 Å². The van der Waals surface area contributed by atoms with Crippen molar-refractivity contribution in [3.63, 3.8) is 0 Å². The minimum atomic E-state index is -0.227. The molecule has 3 rings (SSSR count). The van der Waals surface area contributed by atoms with Crippen molar-refractivity contribution >= 4 is 46.0 Å². The fourth-order valence-electron chi connectivity index (χ4n) is 2.44. The summed E-state index contributed by atoms with van der Waals surface area (Å²) >= 11 is 7.01. The maximum atomic E-state index is 12.7. The first-order chi connectivity index (χ1) is 12.6. The van der Waals surface area contributed by atoms with Gasteiger partial charge in [-0.05, 0) is 30.7 Å². The second kappa shape index (κ2) is 8.33. The summed E-state index contributed by atoms with van der Waals surface area (Å²) in [5.41, 5.74) is 0.548. The van der Waals surface area contributed by atoms with E-state index in [2.05, 4.69) is 15.3 Å². The van der Waals surface area contributed by atoms with Gasteiger partial charge in [-0.25, -0.2) is 9.97 Å². The smallest absolute Gasteiger partial charge is 0.262 e. The number of fused-ring (bicyclic) bond motifs is 1. The van der Waals surface area contributed by atoms with Gasteiger partial charge in [0.15, 0.2) is 5.16 Å². The van der Waals surface area contributed by atoms with Crippen molar-refractivity contribution < 1.29 is 4.79 Å². The Kier molecular flexibility index (Phi) is 5.90. The van der Waals surface area contributed by atoms with Crippen LogP contribution >= 0.6 is 23.4 Å². The van der Waals surface area contributed by atoms with Crippen LogP contribution in [0, 0.1) is 0 Å². The first-order valence-corrected chi connectivity index (χ1v) is 9.48. The normalized spacial score (nSPS) is 10.8. The molecule has 0 saturated heterocycles. The molecule has 0 unspecified atom stereocenters. The summed E-state index contributed by atoms with van der Waals surface area (Å²) in [6.07, 6.45) is 2.27. The third-order valence-electron chi connectivity index (χ3n) is 3.60. The lowest BCUT2D eigenvalue weighted by atomic mass is 10.2. The lowest BCUT2D eigenvalue weighted by molar-refractivity contribution is -0.113. The molecule has 3 aromatic rings. The molecule has 0 aliphatic carbocycles. The Morgan fingerprint density at radius 2 is 2.08 bits per heavy atom. The largest absolute Gasteiger partial charge is 0.310 e. The van der Waals surface area contributed by atoms with Crippen molar-refractivity contribution in [1.82, 2.24) is 14.5 Å². The van der Waals surface area contributed by atoms with Crippen LogP contribution in [0.5, 0.6) is 0 Å². The van der Waals surface area contributed by atoms with Crippen molar-refractivity contribution in [2.75, 3.05) is 11.1 Å². The number of para-hydroxylation sites is 1. The number of pyridine rings is 1. The molecule has 26 heavy (non-hydrogen) atoms. The highest BCUT2D eigenvalue weighted by molar-refractivity contribution is 7.99. The van der Waals surface area contributed by atoms with E-state index in [1.54, 1.807) is 28.8 Å². The molecule has 2 aromatic heterocycles. The molecule has 1 N–H and O–H groups in total. The van der Waals surface area contributed by atoms with Gasteiger partial charge in [0.2, 0.25) is 5.91 Å². The fraction of sp³-hybridized carbons (Fsp3) is 0.222. The van der Waals surface area contributed by atoms with Gasteiger partial charge < -0.3 is 5.32 Å². The Bertz CT molecular complexity index is 989. The van der Waals surface area contributed by atoms with Gasteiger partial charge in [-0.15, -0.1) is 0 Å². The average Bonchev–Trinajstić information content (AvgIpc) is 2.64. The highest BCUT2D eigenvalue weighted by atomic mass is 35.5. The second-order valence-electron chi connectivity index (χ2n) is 5.57. The van der Waals surface area contributed by atoms with E-state index in [-0.39, 0.29) is 17.2 Å².